The Morgan fingerprint density at radius 3 is 2.85 bits per heavy atom. The maximum absolute atomic E-state index is 5.89. The zero-order valence-electron chi connectivity index (χ0n) is 7.52. The number of halogens is 2. The summed E-state index contributed by atoms with van der Waals surface area (Å²) in [7, 11) is 0. The van der Waals surface area contributed by atoms with Crippen LogP contribution in [0.3, 0.4) is 0 Å². The van der Waals surface area contributed by atoms with E-state index in [1.165, 1.54) is 4.88 Å². The Morgan fingerprint density at radius 2 is 2.46 bits per heavy atom. The molecule has 1 atom stereocenters. The minimum Gasteiger partial charge on any atom is -0.148 e. The first-order valence-corrected chi connectivity index (χ1v) is 6.23. The van der Waals surface area contributed by atoms with E-state index >= 15 is 0 Å². The van der Waals surface area contributed by atoms with Gasteiger partial charge in [-0.1, -0.05) is 13.0 Å². The summed E-state index contributed by atoms with van der Waals surface area (Å²) >= 11 is 11.1. The van der Waals surface area contributed by atoms with E-state index in [1.54, 1.807) is 11.3 Å². The molecule has 0 aliphatic rings. The van der Waals surface area contributed by atoms with Crippen LogP contribution >= 0.6 is 38.9 Å². The standard InChI is InChI=1S/C10H12BrClS/c1-3-10(2,7-12)5-9-4-8(11)6-13-9/h3-4,6H,1,5,7H2,2H3. The summed E-state index contributed by atoms with van der Waals surface area (Å²) in [6, 6.07) is 2.14. The molecule has 0 saturated carbocycles. The molecule has 1 aromatic heterocycles. The van der Waals surface area contributed by atoms with Gasteiger partial charge in [-0.25, -0.2) is 0 Å². The fourth-order valence-corrected chi connectivity index (χ4v) is 2.87. The molecule has 0 amide bonds. The van der Waals surface area contributed by atoms with E-state index in [2.05, 4.69) is 40.9 Å². The van der Waals surface area contributed by atoms with Crippen LogP contribution in [0.2, 0.25) is 0 Å². The summed E-state index contributed by atoms with van der Waals surface area (Å²) in [5.41, 5.74) is 0.0197. The molecule has 0 radical (unpaired) electrons. The first-order chi connectivity index (χ1) is 6.09. The molecule has 3 heteroatoms. The Kier molecular flexibility index (Phi) is 4.02. The Morgan fingerprint density at radius 1 is 1.77 bits per heavy atom. The van der Waals surface area contributed by atoms with Gasteiger partial charge in [0.25, 0.3) is 0 Å². The van der Waals surface area contributed by atoms with Crippen LogP contribution in [0.4, 0.5) is 0 Å². The molecular weight excluding hydrogens is 268 g/mol. The Balaban J connectivity index is 2.72. The average Bonchev–Trinajstić information content (AvgIpc) is 2.51. The predicted octanol–water partition coefficient (Wildman–Crippen LogP) is 4.48. The zero-order chi connectivity index (χ0) is 9.90. The average molecular weight is 280 g/mol. The van der Waals surface area contributed by atoms with Gasteiger partial charge in [-0.3, -0.25) is 0 Å². The maximum Gasteiger partial charge on any atom is 0.0315 e. The number of hydrogen-bond donors (Lipinski definition) is 0. The Hall–Kier alpha value is 0.210. The molecule has 0 aliphatic heterocycles. The van der Waals surface area contributed by atoms with Crippen molar-refractivity contribution in [3.63, 3.8) is 0 Å². The number of thiophene rings is 1. The van der Waals surface area contributed by atoms with Crippen molar-refractivity contribution in [2.75, 3.05) is 5.88 Å². The number of allylic oxidation sites excluding steroid dienone is 1. The summed E-state index contributed by atoms with van der Waals surface area (Å²) in [5.74, 6) is 0.617. The molecule has 1 unspecified atom stereocenters. The molecule has 1 rings (SSSR count). The fourth-order valence-electron chi connectivity index (χ4n) is 1.02. The Bertz CT molecular complexity index is 295. The molecule has 0 aliphatic carbocycles. The van der Waals surface area contributed by atoms with Gasteiger partial charge >= 0.3 is 0 Å². The molecule has 0 N–H and O–H groups in total. The van der Waals surface area contributed by atoms with Crippen molar-refractivity contribution in [3.05, 3.63) is 33.5 Å². The predicted molar refractivity (Wildman–Crippen MR) is 64.7 cm³/mol. The maximum atomic E-state index is 5.89. The quantitative estimate of drug-likeness (QED) is 0.563. The lowest BCUT2D eigenvalue weighted by Gasteiger charge is -2.21. The highest BCUT2D eigenvalue weighted by molar-refractivity contribution is 9.10. The van der Waals surface area contributed by atoms with E-state index in [1.807, 2.05) is 6.08 Å². The van der Waals surface area contributed by atoms with Crippen LogP contribution in [-0.2, 0) is 6.42 Å². The molecule has 0 fully saturated rings. The summed E-state index contributed by atoms with van der Waals surface area (Å²) in [6.07, 6.45) is 2.91. The molecule has 0 aromatic carbocycles. The lowest BCUT2D eigenvalue weighted by molar-refractivity contribution is 0.490. The van der Waals surface area contributed by atoms with E-state index in [9.17, 15) is 0 Å². The summed E-state index contributed by atoms with van der Waals surface area (Å²) in [4.78, 5) is 1.34. The lowest BCUT2D eigenvalue weighted by atomic mass is 9.89. The lowest BCUT2D eigenvalue weighted by Crippen LogP contribution is -2.17. The third-order valence-electron chi connectivity index (χ3n) is 2.00. The largest absolute Gasteiger partial charge is 0.148 e. The normalized spacial score (nSPS) is 15.3. The van der Waals surface area contributed by atoms with Crippen molar-refractivity contribution in [2.45, 2.75) is 13.3 Å². The summed E-state index contributed by atoms with van der Waals surface area (Å²) in [5, 5.41) is 2.09. The first-order valence-electron chi connectivity index (χ1n) is 4.02. The smallest absolute Gasteiger partial charge is 0.0315 e. The van der Waals surface area contributed by atoms with Crippen molar-refractivity contribution in [3.8, 4) is 0 Å². The van der Waals surface area contributed by atoms with Gasteiger partial charge in [-0.05, 0) is 28.4 Å². The number of rotatable bonds is 4. The van der Waals surface area contributed by atoms with Crippen molar-refractivity contribution in [1.82, 2.24) is 0 Å². The van der Waals surface area contributed by atoms with Crippen molar-refractivity contribution in [1.29, 1.82) is 0 Å². The molecule has 72 valence electrons. The highest BCUT2D eigenvalue weighted by Gasteiger charge is 2.20. The number of hydrogen-bond acceptors (Lipinski definition) is 1. The Labute approximate surface area is 96.7 Å². The van der Waals surface area contributed by atoms with Gasteiger partial charge in [-0.2, -0.15) is 0 Å². The van der Waals surface area contributed by atoms with Crippen LogP contribution in [-0.4, -0.2) is 5.88 Å². The molecule has 0 nitrogen and oxygen atoms in total. The molecule has 0 bridgehead atoms. The van der Waals surface area contributed by atoms with E-state index in [0.717, 1.165) is 10.9 Å². The second kappa shape index (κ2) is 4.63. The van der Waals surface area contributed by atoms with Crippen LogP contribution in [0.5, 0.6) is 0 Å². The van der Waals surface area contributed by atoms with Gasteiger partial charge in [0.1, 0.15) is 0 Å². The van der Waals surface area contributed by atoms with E-state index in [0.29, 0.717) is 5.88 Å². The van der Waals surface area contributed by atoms with Gasteiger partial charge in [0.2, 0.25) is 0 Å². The third kappa shape index (κ3) is 3.12. The second-order valence-corrected chi connectivity index (χ2v) is 5.58. The molecule has 0 spiro atoms. The topological polar surface area (TPSA) is 0 Å². The van der Waals surface area contributed by atoms with Gasteiger partial charge < -0.3 is 0 Å². The number of alkyl halides is 1. The van der Waals surface area contributed by atoms with Crippen LogP contribution in [0, 0.1) is 5.41 Å². The minimum absolute atomic E-state index is 0.0197. The highest BCUT2D eigenvalue weighted by Crippen LogP contribution is 2.30. The summed E-state index contributed by atoms with van der Waals surface area (Å²) < 4.78 is 1.15. The first kappa shape index (κ1) is 11.3. The minimum atomic E-state index is 0.0197. The van der Waals surface area contributed by atoms with Crippen molar-refractivity contribution >= 4 is 38.9 Å². The molecule has 0 saturated heterocycles. The van der Waals surface area contributed by atoms with Crippen LogP contribution in [0.1, 0.15) is 11.8 Å². The van der Waals surface area contributed by atoms with Gasteiger partial charge in [-0.15, -0.1) is 29.5 Å². The SMILES string of the molecule is C=CC(C)(CCl)Cc1cc(Br)cs1. The van der Waals surface area contributed by atoms with E-state index in [4.69, 9.17) is 11.6 Å². The fraction of sp³-hybridized carbons (Fsp3) is 0.400. The molecule has 1 heterocycles. The van der Waals surface area contributed by atoms with Gasteiger partial charge in [0.05, 0.1) is 0 Å². The van der Waals surface area contributed by atoms with Crippen molar-refractivity contribution < 1.29 is 0 Å². The monoisotopic (exact) mass is 278 g/mol. The van der Waals surface area contributed by atoms with Gasteiger partial charge in [0.15, 0.2) is 0 Å². The molecule has 13 heavy (non-hydrogen) atoms. The summed E-state index contributed by atoms with van der Waals surface area (Å²) in [6.45, 7) is 5.94. The molecule has 1 aromatic rings. The third-order valence-corrected chi connectivity index (χ3v) is 4.31. The van der Waals surface area contributed by atoms with Gasteiger partial charge in [0, 0.05) is 26.0 Å². The van der Waals surface area contributed by atoms with E-state index in [-0.39, 0.29) is 5.41 Å². The van der Waals surface area contributed by atoms with Crippen LogP contribution < -0.4 is 0 Å². The molecular formula is C10H12BrClS. The van der Waals surface area contributed by atoms with Crippen LogP contribution in [0.15, 0.2) is 28.6 Å². The zero-order valence-corrected chi connectivity index (χ0v) is 10.7. The highest BCUT2D eigenvalue weighted by atomic mass is 79.9. The second-order valence-electron chi connectivity index (χ2n) is 3.40. The van der Waals surface area contributed by atoms with Crippen molar-refractivity contribution in [2.24, 2.45) is 5.41 Å². The van der Waals surface area contributed by atoms with Crippen LogP contribution in [0.25, 0.3) is 0 Å². The van der Waals surface area contributed by atoms with E-state index < -0.39 is 0 Å².